The highest BCUT2D eigenvalue weighted by molar-refractivity contribution is 7.87. The lowest BCUT2D eigenvalue weighted by Crippen LogP contribution is -2.32. The van der Waals surface area contributed by atoms with Crippen molar-refractivity contribution in [1.29, 1.82) is 10.5 Å². The summed E-state index contributed by atoms with van der Waals surface area (Å²) in [6, 6.07) is 34.4. The highest BCUT2D eigenvalue weighted by atomic mass is 32.2. The van der Waals surface area contributed by atoms with Crippen LogP contribution in [0.5, 0.6) is 11.5 Å². The number of benzene rings is 4. The lowest BCUT2D eigenvalue weighted by molar-refractivity contribution is -0.145. The number of esters is 2. The van der Waals surface area contributed by atoms with E-state index in [4.69, 9.17) is 29.5 Å². The molecule has 1 atom stereocenters. The van der Waals surface area contributed by atoms with E-state index >= 15 is 0 Å². The molecule has 288 valence electrons. The van der Waals surface area contributed by atoms with Crippen LogP contribution in [-0.2, 0) is 29.2 Å². The van der Waals surface area contributed by atoms with Crippen LogP contribution in [0.3, 0.4) is 0 Å². The largest absolute Gasteiger partial charge is 0.494 e. The number of unbranched alkanes of at least 4 members (excludes halogenated alkanes) is 6. The first-order chi connectivity index (χ1) is 26.7. The Bertz CT molecular complexity index is 1980. The molecule has 0 saturated carbocycles. The van der Waals surface area contributed by atoms with Gasteiger partial charge in [-0.25, -0.2) is 0 Å². The quantitative estimate of drug-likeness (QED) is 0.0436. The minimum atomic E-state index is -4.77. The first kappa shape index (κ1) is 42.1. The van der Waals surface area contributed by atoms with Crippen molar-refractivity contribution in [1.82, 2.24) is 0 Å². The number of carbonyl (C=O) groups is 2. The van der Waals surface area contributed by atoms with E-state index in [1.807, 2.05) is 72.8 Å². The van der Waals surface area contributed by atoms with Gasteiger partial charge in [0.25, 0.3) is 10.1 Å². The summed E-state index contributed by atoms with van der Waals surface area (Å²) >= 11 is 0. The minimum Gasteiger partial charge on any atom is -0.494 e. The van der Waals surface area contributed by atoms with Crippen LogP contribution >= 0.6 is 0 Å². The fourth-order valence-electron chi connectivity index (χ4n) is 5.62. The average molecular weight is 767 g/mol. The molecule has 1 N–H and O–H groups in total. The molecule has 4 aromatic carbocycles. The fourth-order valence-corrected chi connectivity index (χ4v) is 6.35. The Morgan fingerprint density at radius 1 is 0.545 bits per heavy atom. The molecule has 0 saturated heterocycles. The number of ether oxygens (including phenoxy) is 4. The zero-order chi connectivity index (χ0) is 39.3. The molecule has 4 aromatic rings. The van der Waals surface area contributed by atoms with Crippen molar-refractivity contribution >= 4 is 22.1 Å². The second-order valence-electron chi connectivity index (χ2n) is 12.9. The second kappa shape index (κ2) is 22.5. The van der Waals surface area contributed by atoms with Crippen molar-refractivity contribution in [3.05, 3.63) is 108 Å². The van der Waals surface area contributed by atoms with Gasteiger partial charge in [-0.1, -0.05) is 48.5 Å². The standard InChI is InChI=1S/C43H46N2O9S/c44-31-33-9-13-35(14-10-33)37-17-21-39(22-18-37)51-27-5-1-3-7-29-53-42(46)26-25-41(55(48,49)50)43(47)54-30-8-4-2-6-28-52-40-23-19-38(20-24-40)36-15-11-34(32-45)12-16-36/h9-24,41H,1-8,25-30H2,(H,48,49,50). The third-order valence-electron chi connectivity index (χ3n) is 8.76. The van der Waals surface area contributed by atoms with Gasteiger partial charge in [-0.15, -0.1) is 0 Å². The van der Waals surface area contributed by atoms with Crippen LogP contribution in [0, 0.1) is 22.7 Å². The van der Waals surface area contributed by atoms with E-state index in [1.54, 1.807) is 24.3 Å². The Kier molecular flexibility index (Phi) is 17.2. The van der Waals surface area contributed by atoms with Crippen LogP contribution in [0.2, 0.25) is 0 Å². The Morgan fingerprint density at radius 2 is 0.909 bits per heavy atom. The number of nitrogens with zero attached hydrogens (tertiary/aromatic N) is 2. The first-order valence-corrected chi connectivity index (χ1v) is 19.9. The van der Waals surface area contributed by atoms with E-state index < -0.39 is 33.7 Å². The fraction of sp³-hybridized carbons (Fsp3) is 0.349. The van der Waals surface area contributed by atoms with Crippen molar-refractivity contribution in [2.45, 2.75) is 69.5 Å². The van der Waals surface area contributed by atoms with E-state index in [0.717, 1.165) is 72.3 Å². The summed E-state index contributed by atoms with van der Waals surface area (Å²) in [4.78, 5) is 24.6. The molecule has 0 bridgehead atoms. The molecule has 12 heteroatoms. The van der Waals surface area contributed by atoms with Crippen molar-refractivity contribution in [2.75, 3.05) is 26.4 Å². The van der Waals surface area contributed by atoms with Gasteiger partial charge in [-0.2, -0.15) is 18.9 Å². The van der Waals surface area contributed by atoms with Gasteiger partial charge in [0.1, 0.15) is 11.5 Å². The molecule has 0 heterocycles. The van der Waals surface area contributed by atoms with E-state index in [0.29, 0.717) is 37.2 Å². The maximum atomic E-state index is 12.4. The highest BCUT2D eigenvalue weighted by Crippen LogP contribution is 2.24. The lowest BCUT2D eigenvalue weighted by Gasteiger charge is -2.13. The number of carbonyl (C=O) groups excluding carboxylic acids is 2. The van der Waals surface area contributed by atoms with Gasteiger partial charge in [0.05, 0.1) is 49.7 Å². The monoisotopic (exact) mass is 766 g/mol. The summed E-state index contributed by atoms with van der Waals surface area (Å²) in [5.41, 5.74) is 5.30. The molecule has 0 radical (unpaired) electrons. The van der Waals surface area contributed by atoms with Crippen LogP contribution in [0.4, 0.5) is 0 Å². The van der Waals surface area contributed by atoms with Crippen molar-refractivity contribution in [2.24, 2.45) is 0 Å². The molecule has 11 nitrogen and oxygen atoms in total. The molecule has 0 fully saturated rings. The van der Waals surface area contributed by atoms with E-state index in [2.05, 4.69) is 12.1 Å². The molecule has 0 aliphatic carbocycles. The molecule has 0 aromatic heterocycles. The van der Waals surface area contributed by atoms with E-state index in [-0.39, 0.29) is 19.6 Å². The smallest absolute Gasteiger partial charge is 0.326 e. The summed E-state index contributed by atoms with van der Waals surface area (Å²) in [6.45, 7) is 1.20. The third-order valence-corrected chi connectivity index (χ3v) is 9.91. The summed E-state index contributed by atoms with van der Waals surface area (Å²) in [5.74, 6) is -0.242. The maximum absolute atomic E-state index is 12.4. The first-order valence-electron chi connectivity index (χ1n) is 18.4. The Hall–Kier alpha value is -5.69. The molecule has 0 spiro atoms. The number of hydrogen-bond donors (Lipinski definition) is 1. The van der Waals surface area contributed by atoms with Crippen molar-refractivity contribution < 1.29 is 41.5 Å². The number of nitriles is 2. The van der Waals surface area contributed by atoms with E-state index in [9.17, 15) is 22.6 Å². The number of hydrogen-bond acceptors (Lipinski definition) is 10. The van der Waals surface area contributed by atoms with E-state index in [1.165, 1.54) is 0 Å². The van der Waals surface area contributed by atoms with Crippen LogP contribution in [-0.4, -0.2) is 56.6 Å². The van der Waals surface area contributed by atoms with Crippen LogP contribution in [0.15, 0.2) is 97.1 Å². The van der Waals surface area contributed by atoms with Gasteiger partial charge >= 0.3 is 11.9 Å². The predicted octanol–water partition coefficient (Wildman–Crippen LogP) is 8.47. The van der Waals surface area contributed by atoms with Crippen LogP contribution < -0.4 is 9.47 Å². The topological polar surface area (TPSA) is 173 Å². The molecule has 0 amide bonds. The van der Waals surface area contributed by atoms with Gasteiger partial charge in [0.15, 0.2) is 5.25 Å². The van der Waals surface area contributed by atoms with Crippen LogP contribution in [0.25, 0.3) is 22.3 Å². The second-order valence-corrected chi connectivity index (χ2v) is 14.5. The average Bonchev–Trinajstić information content (AvgIpc) is 3.20. The molecule has 1 unspecified atom stereocenters. The zero-order valence-corrected chi connectivity index (χ0v) is 31.5. The molecule has 0 aliphatic heterocycles. The summed E-state index contributed by atoms with van der Waals surface area (Å²) in [6.07, 6.45) is 5.12. The Morgan fingerprint density at radius 3 is 1.29 bits per heavy atom. The van der Waals surface area contributed by atoms with Gasteiger partial charge < -0.3 is 18.9 Å². The lowest BCUT2D eigenvalue weighted by atomic mass is 10.0. The molecule has 4 rings (SSSR count). The summed E-state index contributed by atoms with van der Waals surface area (Å²) < 4.78 is 55.2. The van der Waals surface area contributed by atoms with Gasteiger partial charge in [-0.05, 0) is 129 Å². The predicted molar refractivity (Wildman–Crippen MR) is 208 cm³/mol. The summed E-state index contributed by atoms with van der Waals surface area (Å²) in [5, 5.41) is 16.0. The molecular weight excluding hydrogens is 721 g/mol. The van der Waals surface area contributed by atoms with Gasteiger partial charge in [0, 0.05) is 6.42 Å². The Balaban J connectivity index is 1.00. The van der Waals surface area contributed by atoms with Crippen molar-refractivity contribution in [3.63, 3.8) is 0 Å². The number of rotatable bonds is 23. The SMILES string of the molecule is N#Cc1ccc(-c2ccc(OCCCCCCOC(=O)CCC(C(=O)OCCCCCCOc3ccc(-c4ccc(C#N)cc4)cc3)S(=O)(=O)O)cc2)cc1. The molecular formula is C43H46N2O9S. The molecule has 0 aliphatic rings. The van der Waals surface area contributed by atoms with Gasteiger partial charge in [-0.3, -0.25) is 14.1 Å². The summed E-state index contributed by atoms with van der Waals surface area (Å²) in [7, 11) is -4.77. The molecule has 55 heavy (non-hydrogen) atoms. The normalized spacial score (nSPS) is 11.5. The van der Waals surface area contributed by atoms with Crippen LogP contribution in [0.1, 0.15) is 75.3 Å². The van der Waals surface area contributed by atoms with Gasteiger partial charge in [0.2, 0.25) is 0 Å². The Labute approximate surface area is 323 Å². The zero-order valence-electron chi connectivity index (χ0n) is 30.7. The minimum absolute atomic E-state index is 0.00975. The third kappa shape index (κ3) is 14.9. The highest BCUT2D eigenvalue weighted by Gasteiger charge is 2.33. The van der Waals surface area contributed by atoms with Crippen molar-refractivity contribution in [3.8, 4) is 45.9 Å². The maximum Gasteiger partial charge on any atom is 0.326 e.